The van der Waals surface area contributed by atoms with Gasteiger partial charge >= 0.3 is 0 Å². The number of nitrogens with one attached hydrogen (secondary N) is 1. The second kappa shape index (κ2) is 14.9. The molecule has 0 aliphatic carbocycles. The van der Waals surface area contributed by atoms with E-state index in [-0.39, 0.29) is 39.4 Å². The summed E-state index contributed by atoms with van der Waals surface area (Å²) in [6, 6.07) is 5.89. The van der Waals surface area contributed by atoms with Gasteiger partial charge in [-0.1, -0.05) is 62.4 Å². The van der Waals surface area contributed by atoms with Gasteiger partial charge in [-0.2, -0.15) is 9.49 Å². The lowest BCUT2D eigenvalue weighted by Crippen LogP contribution is -2.54. The maximum Gasteiger partial charge on any atom is 0.281 e. The topological polar surface area (TPSA) is 129 Å². The fourth-order valence-electron chi connectivity index (χ4n) is 6.37. The van der Waals surface area contributed by atoms with Crippen LogP contribution in [0.4, 0.5) is 14.6 Å². The number of benzene rings is 2. The minimum atomic E-state index is -1.15. The molecule has 1 saturated heterocycles. The third kappa shape index (κ3) is 6.56. The summed E-state index contributed by atoms with van der Waals surface area (Å²) in [5.74, 6) is -2.10. The number of ether oxygens (including phenoxy) is 1. The third-order valence-electron chi connectivity index (χ3n) is 8.91. The van der Waals surface area contributed by atoms with Crippen molar-refractivity contribution in [3.8, 4) is 17.0 Å². The SMILES string of the molecule is CCCCCCC/C=C\c1cc(-c2nn(C(C)c3nc4cccc(Cl)c4c(=O)n3N3CCNCC3)c3ncnc(N)c23)c(F)c(F)c1OC. The van der Waals surface area contributed by atoms with Crippen molar-refractivity contribution >= 4 is 45.4 Å². The number of allylic oxidation sites excluding steroid dienone is 1. The zero-order chi connectivity index (χ0) is 34.7. The molecule has 1 aliphatic rings. The quantitative estimate of drug-likeness (QED) is 0.146. The van der Waals surface area contributed by atoms with E-state index in [1.165, 1.54) is 35.3 Å². The number of methoxy groups -OCH3 is 1. The number of hydrogen-bond donors (Lipinski definition) is 2. The van der Waals surface area contributed by atoms with E-state index >= 15 is 8.78 Å². The third-order valence-corrected chi connectivity index (χ3v) is 9.22. The van der Waals surface area contributed by atoms with Crippen molar-refractivity contribution in [2.45, 2.75) is 58.4 Å². The lowest BCUT2D eigenvalue weighted by molar-refractivity contribution is 0.371. The Bertz CT molecular complexity index is 2070. The van der Waals surface area contributed by atoms with Gasteiger partial charge in [-0.25, -0.2) is 28.7 Å². The molecule has 1 atom stereocenters. The van der Waals surface area contributed by atoms with Crippen molar-refractivity contribution in [1.29, 1.82) is 0 Å². The largest absolute Gasteiger partial charge is 0.493 e. The van der Waals surface area contributed by atoms with Crippen LogP contribution >= 0.6 is 11.6 Å². The van der Waals surface area contributed by atoms with Gasteiger partial charge in [0.05, 0.1) is 28.4 Å². The molecule has 3 N–H and O–H groups in total. The molecular weight excluding hydrogens is 652 g/mol. The first-order valence-electron chi connectivity index (χ1n) is 16.6. The molecule has 0 saturated carbocycles. The maximum absolute atomic E-state index is 15.9. The van der Waals surface area contributed by atoms with Crippen LogP contribution in [0.5, 0.6) is 5.75 Å². The van der Waals surface area contributed by atoms with Gasteiger partial charge in [-0.15, -0.1) is 0 Å². The summed E-state index contributed by atoms with van der Waals surface area (Å²) >= 11 is 6.50. The first-order valence-corrected chi connectivity index (χ1v) is 17.0. The van der Waals surface area contributed by atoms with Gasteiger partial charge in [0.2, 0.25) is 5.82 Å². The first kappa shape index (κ1) is 34.3. The minimum Gasteiger partial charge on any atom is -0.493 e. The van der Waals surface area contributed by atoms with Crippen LogP contribution in [-0.4, -0.2) is 62.7 Å². The molecule has 1 aliphatic heterocycles. The summed E-state index contributed by atoms with van der Waals surface area (Å²) in [4.78, 5) is 27.6. The number of unbranched alkanes of at least 4 members (excludes halogenated alkanes) is 5. The van der Waals surface area contributed by atoms with E-state index in [2.05, 4.69) is 22.2 Å². The van der Waals surface area contributed by atoms with Crippen LogP contribution in [0.25, 0.3) is 39.3 Å². The van der Waals surface area contributed by atoms with Crippen LogP contribution in [0.2, 0.25) is 5.02 Å². The second-order valence-electron chi connectivity index (χ2n) is 12.1. The molecule has 11 nitrogen and oxygen atoms in total. The van der Waals surface area contributed by atoms with Crippen LogP contribution < -0.4 is 26.4 Å². The number of rotatable bonds is 12. The number of piperazine rings is 1. The number of nitrogen functional groups attached to an aromatic ring is 1. The number of halogens is 3. The Labute approximate surface area is 287 Å². The molecule has 0 amide bonds. The fraction of sp³-hybridized carbons (Fsp3) is 0.400. The Kier molecular flexibility index (Phi) is 10.4. The average molecular weight is 692 g/mol. The molecule has 5 aromatic rings. The van der Waals surface area contributed by atoms with Crippen molar-refractivity contribution in [2.75, 3.05) is 44.0 Å². The van der Waals surface area contributed by atoms with E-state index in [1.54, 1.807) is 24.3 Å². The predicted octanol–water partition coefficient (Wildman–Crippen LogP) is 6.25. The van der Waals surface area contributed by atoms with E-state index in [0.717, 1.165) is 32.1 Å². The van der Waals surface area contributed by atoms with Crippen LogP contribution in [0, 0.1) is 11.6 Å². The molecule has 14 heteroatoms. The molecule has 0 radical (unpaired) electrons. The monoisotopic (exact) mass is 691 g/mol. The summed E-state index contributed by atoms with van der Waals surface area (Å²) in [6.45, 7) is 6.40. The van der Waals surface area contributed by atoms with E-state index < -0.39 is 17.7 Å². The standard InChI is InChI=1S/C35H40ClF2N9O2/c1-4-5-6-7-8-9-10-12-22-19-23(28(37)29(38)31(22)49-3)30-27-32(39)41-20-42-34(27)46(44-30)21(2)33-43-25-14-11-13-24(36)26(25)35(48)47(33)45-17-15-40-16-18-45/h10-14,19-21,40H,4-9,15-18H2,1-3H3,(H2,39,41,42)/b12-10-. The number of nitrogens with two attached hydrogens (primary N) is 1. The van der Waals surface area contributed by atoms with Gasteiger partial charge in [0, 0.05) is 37.3 Å². The van der Waals surface area contributed by atoms with Gasteiger partial charge in [0.1, 0.15) is 23.9 Å². The molecule has 0 bridgehead atoms. The summed E-state index contributed by atoms with van der Waals surface area (Å²) < 4.78 is 39.9. The van der Waals surface area contributed by atoms with E-state index in [1.807, 2.05) is 18.0 Å². The normalized spacial score (nSPS) is 14.4. The zero-order valence-corrected chi connectivity index (χ0v) is 28.6. The Balaban J connectivity index is 1.50. The van der Waals surface area contributed by atoms with Crippen molar-refractivity contribution in [2.24, 2.45) is 0 Å². The highest BCUT2D eigenvalue weighted by molar-refractivity contribution is 6.35. The molecule has 49 heavy (non-hydrogen) atoms. The lowest BCUT2D eigenvalue weighted by atomic mass is 10.0. The van der Waals surface area contributed by atoms with Gasteiger partial charge in [-0.3, -0.25) is 4.79 Å². The Morgan fingerprint density at radius 1 is 1.10 bits per heavy atom. The van der Waals surface area contributed by atoms with Crippen LogP contribution in [0.3, 0.4) is 0 Å². The Morgan fingerprint density at radius 2 is 1.88 bits per heavy atom. The van der Waals surface area contributed by atoms with E-state index in [9.17, 15) is 4.79 Å². The van der Waals surface area contributed by atoms with Crippen LogP contribution in [-0.2, 0) is 0 Å². The van der Waals surface area contributed by atoms with Crippen molar-refractivity contribution in [1.82, 2.24) is 34.7 Å². The summed E-state index contributed by atoms with van der Waals surface area (Å²) in [6.07, 6.45) is 11.3. The van der Waals surface area contributed by atoms with Crippen LogP contribution in [0.15, 0.2) is 41.5 Å². The molecule has 6 rings (SSSR count). The predicted molar refractivity (Wildman–Crippen MR) is 190 cm³/mol. The molecule has 258 valence electrons. The number of nitrogens with zero attached hydrogens (tertiary/aromatic N) is 7. The van der Waals surface area contributed by atoms with E-state index in [4.69, 9.17) is 32.2 Å². The maximum atomic E-state index is 15.9. The summed E-state index contributed by atoms with van der Waals surface area (Å²) in [5.41, 5.74) is 7.02. The number of fused-ring (bicyclic) bond motifs is 2. The van der Waals surface area contributed by atoms with Gasteiger partial charge in [-0.05, 0) is 38.0 Å². The van der Waals surface area contributed by atoms with Crippen molar-refractivity contribution < 1.29 is 13.5 Å². The van der Waals surface area contributed by atoms with Gasteiger partial charge in [0.25, 0.3) is 5.56 Å². The molecule has 1 unspecified atom stereocenters. The van der Waals surface area contributed by atoms with E-state index in [0.29, 0.717) is 53.5 Å². The average Bonchev–Trinajstić information content (AvgIpc) is 3.50. The molecule has 1 fully saturated rings. The number of aromatic nitrogens is 6. The Hall–Kier alpha value is -4.62. The first-order chi connectivity index (χ1) is 23.8. The fourth-order valence-corrected chi connectivity index (χ4v) is 6.62. The van der Waals surface area contributed by atoms with Gasteiger partial charge in [0.15, 0.2) is 23.0 Å². The Morgan fingerprint density at radius 3 is 2.63 bits per heavy atom. The minimum absolute atomic E-state index is 0.0380. The zero-order valence-electron chi connectivity index (χ0n) is 27.8. The van der Waals surface area contributed by atoms with Crippen molar-refractivity contribution in [3.63, 3.8) is 0 Å². The molecule has 2 aromatic carbocycles. The second-order valence-corrected chi connectivity index (χ2v) is 12.5. The highest BCUT2D eigenvalue weighted by Gasteiger charge is 2.30. The van der Waals surface area contributed by atoms with Crippen molar-refractivity contribution in [3.05, 3.63) is 75.1 Å². The van der Waals surface area contributed by atoms with Gasteiger partial charge < -0.3 is 20.8 Å². The molecular formula is C35H40ClF2N9O2. The summed E-state index contributed by atoms with van der Waals surface area (Å²) in [5, 5.41) is 10.8. The number of hydrogen-bond acceptors (Lipinski definition) is 9. The highest BCUT2D eigenvalue weighted by atomic mass is 35.5. The highest BCUT2D eigenvalue weighted by Crippen LogP contribution is 2.39. The summed E-state index contributed by atoms with van der Waals surface area (Å²) in [7, 11) is 1.30. The molecule has 4 heterocycles. The molecule has 0 spiro atoms. The lowest BCUT2D eigenvalue weighted by Gasteiger charge is -2.33. The number of anilines is 1. The molecule has 3 aromatic heterocycles. The van der Waals surface area contributed by atoms with Crippen LogP contribution in [0.1, 0.15) is 69.8 Å². The smallest absolute Gasteiger partial charge is 0.281 e.